The lowest BCUT2D eigenvalue weighted by Gasteiger charge is -2.38. The molecule has 0 amide bonds. The average Bonchev–Trinajstić information content (AvgIpc) is 3.21. The maximum atomic E-state index is 13.2. The lowest BCUT2D eigenvalue weighted by molar-refractivity contribution is 0.186. The summed E-state index contributed by atoms with van der Waals surface area (Å²) in [5.74, 6) is 3.45. The Kier molecular flexibility index (Phi) is 7.11. The summed E-state index contributed by atoms with van der Waals surface area (Å²) in [5.41, 5.74) is 6.71. The number of pyridine rings is 1. The predicted molar refractivity (Wildman–Crippen MR) is 128 cm³/mol. The zero-order valence-corrected chi connectivity index (χ0v) is 21.0. The molecule has 30 heavy (non-hydrogen) atoms. The second-order valence-corrected chi connectivity index (χ2v) is 15.4. The quantitative estimate of drug-likeness (QED) is 0.280. The fourth-order valence-corrected chi connectivity index (χ4v) is 10.5. The van der Waals surface area contributed by atoms with E-state index in [0.29, 0.717) is 40.6 Å². The van der Waals surface area contributed by atoms with Crippen LogP contribution in [-0.4, -0.2) is 42.1 Å². The summed E-state index contributed by atoms with van der Waals surface area (Å²) < 4.78 is 7.33. The van der Waals surface area contributed by atoms with Crippen molar-refractivity contribution < 1.29 is 4.74 Å². The van der Waals surface area contributed by atoms with Crippen LogP contribution >= 0.6 is 11.8 Å². The SMILES string of the molecule is CSc1ncc2c(C#C[Si](C(C)C)(C(C)C)C(C)C)cc(=O)n(C3CCOC3)c2n1. The molecule has 0 bridgehead atoms. The van der Waals surface area contributed by atoms with Crippen LogP contribution in [0.2, 0.25) is 16.6 Å². The highest BCUT2D eigenvalue weighted by molar-refractivity contribution is 7.98. The molecule has 0 spiro atoms. The number of thioether (sulfide) groups is 1. The minimum absolute atomic E-state index is 0.0158. The van der Waals surface area contributed by atoms with Crippen LogP contribution in [0.25, 0.3) is 11.0 Å². The number of hydrogen-bond acceptors (Lipinski definition) is 5. The Morgan fingerprint density at radius 2 is 1.87 bits per heavy atom. The summed E-state index contributed by atoms with van der Waals surface area (Å²) in [4.78, 5) is 22.3. The summed E-state index contributed by atoms with van der Waals surface area (Å²) in [7, 11) is -1.91. The fourth-order valence-electron chi connectivity index (χ4n) is 4.99. The van der Waals surface area contributed by atoms with Gasteiger partial charge in [0.25, 0.3) is 5.56 Å². The number of aromatic nitrogens is 3. The van der Waals surface area contributed by atoms with Crippen LogP contribution in [0.4, 0.5) is 0 Å². The van der Waals surface area contributed by atoms with E-state index < -0.39 is 8.07 Å². The second kappa shape index (κ2) is 9.25. The topological polar surface area (TPSA) is 57.0 Å². The highest BCUT2D eigenvalue weighted by Gasteiger charge is 2.41. The van der Waals surface area contributed by atoms with Gasteiger partial charge in [-0.2, -0.15) is 0 Å². The van der Waals surface area contributed by atoms with E-state index in [9.17, 15) is 4.79 Å². The largest absolute Gasteiger partial charge is 0.379 e. The van der Waals surface area contributed by atoms with E-state index >= 15 is 0 Å². The van der Waals surface area contributed by atoms with Crippen molar-refractivity contribution in [3.63, 3.8) is 0 Å². The zero-order valence-electron chi connectivity index (χ0n) is 19.2. The van der Waals surface area contributed by atoms with Crippen LogP contribution < -0.4 is 5.56 Å². The van der Waals surface area contributed by atoms with Crippen molar-refractivity contribution in [2.24, 2.45) is 0 Å². The van der Waals surface area contributed by atoms with Crippen molar-refractivity contribution in [2.45, 2.75) is 75.8 Å². The summed E-state index contributed by atoms with van der Waals surface area (Å²) in [6.45, 7) is 15.0. The molecule has 3 heterocycles. The highest BCUT2D eigenvalue weighted by Crippen LogP contribution is 2.40. The van der Waals surface area contributed by atoms with Crippen LogP contribution in [0.3, 0.4) is 0 Å². The molecule has 0 radical (unpaired) electrons. The van der Waals surface area contributed by atoms with Gasteiger partial charge in [-0.05, 0) is 29.3 Å². The third-order valence-corrected chi connectivity index (χ3v) is 13.4. The van der Waals surface area contributed by atoms with Gasteiger partial charge in [-0.25, -0.2) is 9.97 Å². The maximum absolute atomic E-state index is 13.2. The standard InChI is InChI=1S/C23H33N3O2SSi/c1-15(2)30(16(3)4,17(5)6)11-9-18-12-21(27)26(19-8-10-28-14-19)22-20(18)13-24-23(25-22)29-7/h12-13,15-17,19H,8,10,14H2,1-7H3. The van der Waals surface area contributed by atoms with Gasteiger partial charge in [0.2, 0.25) is 0 Å². The molecule has 1 aliphatic rings. The van der Waals surface area contributed by atoms with Crippen LogP contribution in [-0.2, 0) is 4.74 Å². The first-order chi connectivity index (χ1) is 14.2. The first kappa shape index (κ1) is 23.0. The molecule has 2 aromatic rings. The molecule has 5 nitrogen and oxygen atoms in total. The van der Waals surface area contributed by atoms with E-state index in [-0.39, 0.29) is 11.6 Å². The number of nitrogens with zero attached hydrogens (tertiary/aromatic N) is 3. The number of ether oxygens (including phenoxy) is 1. The fraction of sp³-hybridized carbons (Fsp3) is 0.609. The van der Waals surface area contributed by atoms with Crippen LogP contribution in [0.1, 0.15) is 59.6 Å². The van der Waals surface area contributed by atoms with Gasteiger partial charge in [-0.1, -0.05) is 59.2 Å². The molecule has 7 heteroatoms. The van der Waals surface area contributed by atoms with Gasteiger partial charge in [0.1, 0.15) is 13.7 Å². The Morgan fingerprint density at radius 1 is 1.20 bits per heavy atom. The Balaban J connectivity index is 2.25. The molecule has 0 saturated carbocycles. The summed E-state index contributed by atoms with van der Waals surface area (Å²) in [5, 5.41) is 1.51. The van der Waals surface area contributed by atoms with E-state index in [1.165, 1.54) is 11.8 Å². The smallest absolute Gasteiger partial charge is 0.253 e. The molecule has 0 aliphatic carbocycles. The molecule has 1 fully saturated rings. The normalized spacial score (nSPS) is 17.2. The van der Waals surface area contributed by atoms with Crippen LogP contribution in [0, 0.1) is 11.5 Å². The number of fused-ring (bicyclic) bond motifs is 1. The Bertz CT molecular complexity index is 1010. The van der Waals surface area contributed by atoms with Crippen LogP contribution in [0.15, 0.2) is 22.2 Å². The van der Waals surface area contributed by atoms with Crippen molar-refractivity contribution in [3.8, 4) is 11.5 Å². The van der Waals surface area contributed by atoms with Crippen LogP contribution in [0.5, 0.6) is 0 Å². The monoisotopic (exact) mass is 443 g/mol. The van der Waals surface area contributed by atoms with Crippen molar-refractivity contribution in [1.82, 2.24) is 14.5 Å². The summed E-state index contributed by atoms with van der Waals surface area (Å²) >= 11 is 1.48. The molecule has 1 unspecified atom stereocenters. The van der Waals surface area contributed by atoms with Crippen molar-refractivity contribution in [2.75, 3.05) is 19.5 Å². The van der Waals surface area contributed by atoms with Gasteiger partial charge in [0, 0.05) is 24.4 Å². The first-order valence-corrected chi connectivity index (χ1v) is 14.2. The molecule has 162 valence electrons. The molecule has 1 atom stereocenters. The molecular weight excluding hydrogens is 410 g/mol. The van der Waals surface area contributed by atoms with E-state index in [4.69, 9.17) is 9.72 Å². The summed E-state index contributed by atoms with van der Waals surface area (Å²) in [6.07, 6.45) is 4.59. The molecule has 3 rings (SSSR count). The average molecular weight is 444 g/mol. The first-order valence-electron chi connectivity index (χ1n) is 10.8. The van der Waals surface area contributed by atoms with E-state index in [2.05, 4.69) is 58.0 Å². The Morgan fingerprint density at radius 3 is 2.40 bits per heavy atom. The van der Waals surface area contributed by atoms with E-state index in [1.807, 2.05) is 12.5 Å². The van der Waals surface area contributed by atoms with Gasteiger partial charge < -0.3 is 4.74 Å². The number of hydrogen-bond donors (Lipinski definition) is 0. The van der Waals surface area contributed by atoms with Crippen molar-refractivity contribution >= 4 is 30.9 Å². The number of rotatable bonds is 5. The predicted octanol–water partition coefficient (Wildman–Crippen LogP) is 5.04. The molecular formula is C23H33N3O2SSi. The zero-order chi connectivity index (χ0) is 22.1. The minimum atomic E-state index is -1.91. The van der Waals surface area contributed by atoms with E-state index in [1.54, 1.807) is 10.6 Å². The van der Waals surface area contributed by atoms with Gasteiger partial charge in [0.15, 0.2) is 5.16 Å². The van der Waals surface area contributed by atoms with E-state index in [0.717, 1.165) is 17.4 Å². The van der Waals surface area contributed by atoms with Gasteiger partial charge >= 0.3 is 0 Å². The molecule has 1 saturated heterocycles. The van der Waals surface area contributed by atoms with Gasteiger partial charge in [-0.15, -0.1) is 5.54 Å². The lowest BCUT2D eigenvalue weighted by Crippen LogP contribution is -2.43. The molecule has 1 aliphatic heterocycles. The Hall–Kier alpha value is -1.62. The van der Waals surface area contributed by atoms with Crippen molar-refractivity contribution in [3.05, 3.63) is 28.2 Å². The van der Waals surface area contributed by atoms with Gasteiger partial charge in [-0.3, -0.25) is 9.36 Å². The third kappa shape index (κ3) is 4.10. The lowest BCUT2D eigenvalue weighted by atomic mass is 10.1. The van der Waals surface area contributed by atoms with Crippen molar-refractivity contribution in [1.29, 1.82) is 0 Å². The van der Waals surface area contributed by atoms with Gasteiger partial charge in [0.05, 0.1) is 18.0 Å². The maximum Gasteiger partial charge on any atom is 0.253 e. The summed E-state index contributed by atoms with van der Waals surface area (Å²) in [6, 6.07) is 1.69. The second-order valence-electron chi connectivity index (χ2n) is 9.02. The molecule has 0 N–H and O–H groups in total. The molecule has 0 aromatic carbocycles. The molecule has 2 aromatic heterocycles. The Labute approximate surface area is 185 Å². The minimum Gasteiger partial charge on any atom is -0.379 e. The highest BCUT2D eigenvalue weighted by atomic mass is 32.2. The third-order valence-electron chi connectivity index (χ3n) is 6.50.